The molecule has 116 valence electrons. The fourth-order valence-corrected chi connectivity index (χ4v) is 4.08. The van der Waals surface area contributed by atoms with Gasteiger partial charge in [-0.3, -0.25) is 9.69 Å². The summed E-state index contributed by atoms with van der Waals surface area (Å²) in [7, 11) is 0. The fourth-order valence-electron chi connectivity index (χ4n) is 3.31. The summed E-state index contributed by atoms with van der Waals surface area (Å²) in [6.07, 6.45) is 2.28. The van der Waals surface area contributed by atoms with E-state index in [0.29, 0.717) is 11.9 Å². The first-order chi connectivity index (χ1) is 10.3. The number of likely N-dealkylation sites (tertiary alicyclic amines) is 1. The molecule has 3 heterocycles. The van der Waals surface area contributed by atoms with Crippen molar-refractivity contribution in [1.29, 1.82) is 0 Å². The third kappa shape index (κ3) is 3.47. The zero-order chi connectivity index (χ0) is 14.7. The number of hydrogen-bond donors (Lipinski definition) is 0. The van der Waals surface area contributed by atoms with Gasteiger partial charge in [-0.15, -0.1) is 11.3 Å². The van der Waals surface area contributed by atoms with Crippen LogP contribution < -0.4 is 0 Å². The van der Waals surface area contributed by atoms with E-state index in [1.54, 1.807) is 11.3 Å². The molecule has 0 spiro atoms. The van der Waals surface area contributed by atoms with Crippen LogP contribution in [0.15, 0.2) is 17.5 Å². The van der Waals surface area contributed by atoms with E-state index in [4.69, 9.17) is 4.74 Å². The van der Waals surface area contributed by atoms with Crippen molar-refractivity contribution in [2.45, 2.75) is 31.7 Å². The number of nitrogens with zero attached hydrogens (tertiary/aromatic N) is 2. The van der Waals surface area contributed by atoms with E-state index in [1.165, 1.54) is 4.88 Å². The molecule has 2 fully saturated rings. The normalized spacial score (nSPS) is 25.2. The lowest BCUT2D eigenvalue weighted by molar-refractivity contribution is -0.133. The smallest absolute Gasteiger partial charge is 0.230 e. The Morgan fingerprint density at radius 3 is 2.95 bits per heavy atom. The van der Waals surface area contributed by atoms with Crippen LogP contribution in [0.5, 0.6) is 0 Å². The number of ether oxygens (including phenoxy) is 1. The van der Waals surface area contributed by atoms with Crippen LogP contribution in [-0.4, -0.2) is 61.1 Å². The molecule has 0 unspecified atom stereocenters. The highest BCUT2D eigenvalue weighted by atomic mass is 32.1. The van der Waals surface area contributed by atoms with E-state index >= 15 is 0 Å². The third-order valence-electron chi connectivity index (χ3n) is 4.57. The van der Waals surface area contributed by atoms with Crippen molar-refractivity contribution in [2.24, 2.45) is 0 Å². The van der Waals surface area contributed by atoms with E-state index in [9.17, 15) is 4.79 Å². The summed E-state index contributed by atoms with van der Waals surface area (Å²) in [5, 5.41) is 2.05. The molecular formula is C16H24N2O2S. The van der Waals surface area contributed by atoms with Gasteiger partial charge in [-0.25, -0.2) is 0 Å². The summed E-state index contributed by atoms with van der Waals surface area (Å²) >= 11 is 1.68. The molecule has 0 N–H and O–H groups in total. The van der Waals surface area contributed by atoms with E-state index in [2.05, 4.69) is 15.9 Å². The van der Waals surface area contributed by atoms with Gasteiger partial charge in [0.05, 0.1) is 19.1 Å². The van der Waals surface area contributed by atoms with Gasteiger partial charge in [0.2, 0.25) is 5.91 Å². The molecule has 5 heteroatoms. The Balaban J connectivity index is 1.61. The summed E-state index contributed by atoms with van der Waals surface area (Å²) in [6, 6.07) is 4.48. The molecule has 4 nitrogen and oxygen atoms in total. The monoisotopic (exact) mass is 308 g/mol. The zero-order valence-electron chi connectivity index (χ0n) is 12.7. The Labute approximate surface area is 130 Å². The minimum Gasteiger partial charge on any atom is -0.379 e. The number of carbonyl (C=O) groups excluding carboxylic acids is 1. The van der Waals surface area contributed by atoms with Crippen LogP contribution in [0.1, 0.15) is 30.6 Å². The van der Waals surface area contributed by atoms with Gasteiger partial charge in [0.15, 0.2) is 0 Å². The molecule has 0 aromatic carbocycles. The molecule has 1 aromatic rings. The molecule has 3 rings (SSSR count). The first-order valence-electron chi connectivity index (χ1n) is 7.89. The first-order valence-corrected chi connectivity index (χ1v) is 8.77. The van der Waals surface area contributed by atoms with Crippen molar-refractivity contribution in [3.63, 3.8) is 0 Å². The Bertz CT molecular complexity index is 457. The van der Waals surface area contributed by atoms with Crippen LogP contribution >= 0.6 is 11.3 Å². The summed E-state index contributed by atoms with van der Waals surface area (Å²) in [5.41, 5.74) is 0. The Hall–Kier alpha value is -0.910. The van der Waals surface area contributed by atoms with Gasteiger partial charge in [-0.1, -0.05) is 6.07 Å². The SMILES string of the molecule is C[C@H](C(=O)N1CCC[C@H]1CN1CCOCC1)c1cccs1. The number of thiophene rings is 1. The Kier molecular flexibility index (Phi) is 4.93. The predicted molar refractivity (Wildman–Crippen MR) is 84.7 cm³/mol. The van der Waals surface area contributed by atoms with Crippen LogP contribution in [0.3, 0.4) is 0 Å². The highest BCUT2D eigenvalue weighted by molar-refractivity contribution is 7.10. The lowest BCUT2D eigenvalue weighted by Gasteiger charge is -2.33. The van der Waals surface area contributed by atoms with E-state index in [-0.39, 0.29) is 5.92 Å². The lowest BCUT2D eigenvalue weighted by Crippen LogP contribution is -2.47. The van der Waals surface area contributed by atoms with Crippen LogP contribution in [0.25, 0.3) is 0 Å². The molecule has 1 aromatic heterocycles. The molecule has 2 saturated heterocycles. The molecule has 0 saturated carbocycles. The van der Waals surface area contributed by atoms with Gasteiger partial charge in [0, 0.05) is 37.1 Å². The largest absolute Gasteiger partial charge is 0.379 e. The number of rotatable bonds is 4. The number of hydrogen-bond acceptors (Lipinski definition) is 4. The number of morpholine rings is 1. The van der Waals surface area contributed by atoms with E-state index in [0.717, 1.165) is 52.2 Å². The fraction of sp³-hybridized carbons (Fsp3) is 0.688. The minimum atomic E-state index is -0.00436. The van der Waals surface area contributed by atoms with Crippen molar-refractivity contribution >= 4 is 17.2 Å². The molecule has 21 heavy (non-hydrogen) atoms. The maximum atomic E-state index is 12.8. The first kappa shape index (κ1) is 15.0. The Morgan fingerprint density at radius 1 is 1.43 bits per heavy atom. The summed E-state index contributed by atoms with van der Waals surface area (Å²) in [4.78, 5) is 18.5. The predicted octanol–water partition coefficient (Wildman–Crippen LogP) is 2.17. The van der Waals surface area contributed by atoms with Crippen molar-refractivity contribution in [2.75, 3.05) is 39.4 Å². The van der Waals surface area contributed by atoms with Crippen molar-refractivity contribution < 1.29 is 9.53 Å². The highest BCUT2D eigenvalue weighted by Crippen LogP contribution is 2.27. The lowest BCUT2D eigenvalue weighted by atomic mass is 10.1. The van der Waals surface area contributed by atoms with Crippen LogP contribution in [-0.2, 0) is 9.53 Å². The number of amides is 1. The molecule has 0 radical (unpaired) electrons. The Morgan fingerprint density at radius 2 is 2.24 bits per heavy atom. The van der Waals surface area contributed by atoms with Gasteiger partial charge in [0.1, 0.15) is 0 Å². The van der Waals surface area contributed by atoms with Crippen LogP contribution in [0, 0.1) is 0 Å². The van der Waals surface area contributed by atoms with Crippen molar-refractivity contribution in [1.82, 2.24) is 9.80 Å². The third-order valence-corrected chi connectivity index (χ3v) is 5.63. The second-order valence-electron chi connectivity index (χ2n) is 5.98. The highest BCUT2D eigenvalue weighted by Gasteiger charge is 2.33. The van der Waals surface area contributed by atoms with Gasteiger partial charge < -0.3 is 9.64 Å². The standard InChI is InChI=1S/C16H24N2O2S/c1-13(15-5-3-11-21-15)16(19)18-6-2-4-14(18)12-17-7-9-20-10-8-17/h3,5,11,13-14H,2,4,6-10,12H2,1H3/t13-,14-/m0/s1. The average molecular weight is 308 g/mol. The van der Waals surface area contributed by atoms with Gasteiger partial charge in [-0.2, -0.15) is 0 Å². The topological polar surface area (TPSA) is 32.8 Å². The van der Waals surface area contributed by atoms with Crippen molar-refractivity contribution in [3.8, 4) is 0 Å². The molecular weight excluding hydrogens is 284 g/mol. The quantitative estimate of drug-likeness (QED) is 0.854. The number of carbonyl (C=O) groups is 1. The van der Waals surface area contributed by atoms with Crippen LogP contribution in [0.4, 0.5) is 0 Å². The summed E-state index contributed by atoms with van der Waals surface area (Å²) in [5.74, 6) is 0.295. The van der Waals surface area contributed by atoms with Gasteiger partial charge in [-0.05, 0) is 31.2 Å². The molecule has 2 aliphatic rings. The molecule has 2 aliphatic heterocycles. The second kappa shape index (κ2) is 6.90. The molecule has 0 bridgehead atoms. The second-order valence-corrected chi connectivity index (χ2v) is 6.96. The maximum Gasteiger partial charge on any atom is 0.230 e. The summed E-state index contributed by atoms with van der Waals surface area (Å²) < 4.78 is 5.40. The van der Waals surface area contributed by atoms with E-state index < -0.39 is 0 Å². The average Bonchev–Trinajstić information content (AvgIpc) is 3.18. The van der Waals surface area contributed by atoms with Gasteiger partial charge >= 0.3 is 0 Å². The summed E-state index contributed by atoms with van der Waals surface area (Å²) in [6.45, 7) is 7.62. The van der Waals surface area contributed by atoms with E-state index in [1.807, 2.05) is 18.4 Å². The van der Waals surface area contributed by atoms with Crippen molar-refractivity contribution in [3.05, 3.63) is 22.4 Å². The molecule has 0 aliphatic carbocycles. The molecule has 2 atom stereocenters. The van der Waals surface area contributed by atoms with Crippen LogP contribution in [0.2, 0.25) is 0 Å². The molecule has 1 amide bonds. The van der Waals surface area contributed by atoms with Gasteiger partial charge in [0.25, 0.3) is 0 Å². The zero-order valence-corrected chi connectivity index (χ0v) is 13.5. The minimum absolute atomic E-state index is 0.00436. The maximum absolute atomic E-state index is 12.8.